The molecule has 1 unspecified atom stereocenters. The van der Waals surface area contributed by atoms with Gasteiger partial charge in [-0.15, -0.1) is 24.8 Å². The number of benzene rings is 1. The predicted octanol–water partition coefficient (Wildman–Crippen LogP) is 2.54. The summed E-state index contributed by atoms with van der Waals surface area (Å²) in [4.78, 5) is 19.4. The average molecular weight is 465 g/mol. The number of hydrogen-bond acceptors (Lipinski definition) is 5. The summed E-state index contributed by atoms with van der Waals surface area (Å²) in [6.45, 7) is 8.29. The van der Waals surface area contributed by atoms with Gasteiger partial charge in [0.2, 0.25) is 5.91 Å². The number of rotatable bonds is 7. The first-order chi connectivity index (χ1) is 13.6. The maximum Gasteiger partial charge on any atom is 0.239 e. The van der Waals surface area contributed by atoms with Gasteiger partial charge in [-0.2, -0.15) is 0 Å². The van der Waals surface area contributed by atoms with E-state index >= 15 is 0 Å². The minimum Gasteiger partial charge on any atom is -0.378 e. The van der Waals surface area contributed by atoms with E-state index in [0.717, 1.165) is 64.2 Å². The minimum absolute atomic E-state index is 0. The molecule has 172 valence electrons. The Morgan fingerprint density at radius 1 is 1.10 bits per heavy atom. The van der Waals surface area contributed by atoms with Crippen molar-refractivity contribution in [1.82, 2.24) is 9.80 Å². The Morgan fingerprint density at radius 2 is 1.70 bits per heavy atom. The van der Waals surface area contributed by atoms with Crippen LogP contribution in [0.1, 0.15) is 26.2 Å². The zero-order chi connectivity index (χ0) is 19.9. The molecule has 1 atom stereocenters. The second-order valence-electron chi connectivity index (χ2n) is 7.71. The average Bonchev–Trinajstić information content (AvgIpc) is 2.74. The summed E-state index contributed by atoms with van der Waals surface area (Å²) in [5.41, 5.74) is 6.54. The van der Waals surface area contributed by atoms with Gasteiger partial charge in [-0.3, -0.25) is 9.69 Å². The number of carbonyl (C=O) groups excluding carboxylic acids is 1. The zero-order valence-electron chi connectivity index (χ0n) is 17.7. The van der Waals surface area contributed by atoms with Gasteiger partial charge in [0.1, 0.15) is 5.82 Å². The molecule has 0 aromatic heterocycles. The van der Waals surface area contributed by atoms with Gasteiger partial charge in [0, 0.05) is 51.6 Å². The monoisotopic (exact) mass is 464 g/mol. The highest BCUT2D eigenvalue weighted by Crippen LogP contribution is 2.20. The first kappa shape index (κ1) is 26.9. The fourth-order valence-electron chi connectivity index (χ4n) is 4.02. The van der Waals surface area contributed by atoms with E-state index in [9.17, 15) is 9.18 Å². The van der Waals surface area contributed by atoms with Crippen molar-refractivity contribution in [2.24, 2.45) is 5.73 Å². The second-order valence-corrected chi connectivity index (χ2v) is 7.71. The van der Waals surface area contributed by atoms with Crippen LogP contribution in [0, 0.1) is 5.82 Å². The Balaban J connectivity index is 0.00000225. The van der Waals surface area contributed by atoms with E-state index in [0.29, 0.717) is 13.2 Å². The molecule has 6 nitrogen and oxygen atoms in total. The molecule has 2 aliphatic heterocycles. The largest absolute Gasteiger partial charge is 0.378 e. The van der Waals surface area contributed by atoms with Crippen LogP contribution in [0.5, 0.6) is 0 Å². The number of likely N-dealkylation sites (tertiary alicyclic amines) is 1. The molecule has 2 heterocycles. The van der Waals surface area contributed by atoms with Crippen molar-refractivity contribution in [3.05, 3.63) is 30.1 Å². The van der Waals surface area contributed by atoms with Crippen molar-refractivity contribution >= 4 is 36.4 Å². The van der Waals surface area contributed by atoms with Gasteiger partial charge in [0.05, 0.1) is 12.1 Å². The smallest absolute Gasteiger partial charge is 0.239 e. The van der Waals surface area contributed by atoms with Crippen LogP contribution in [0.15, 0.2) is 24.3 Å². The molecule has 1 aromatic rings. The molecule has 1 aromatic carbocycles. The summed E-state index contributed by atoms with van der Waals surface area (Å²) < 4.78 is 18.9. The van der Waals surface area contributed by atoms with Gasteiger partial charge in [-0.25, -0.2) is 4.39 Å². The van der Waals surface area contributed by atoms with Crippen molar-refractivity contribution < 1.29 is 13.9 Å². The van der Waals surface area contributed by atoms with Crippen molar-refractivity contribution in [1.29, 1.82) is 0 Å². The number of piperidine rings is 1. The van der Waals surface area contributed by atoms with Crippen molar-refractivity contribution in [3.63, 3.8) is 0 Å². The van der Waals surface area contributed by atoms with Crippen LogP contribution < -0.4 is 10.6 Å². The van der Waals surface area contributed by atoms with Gasteiger partial charge in [0.25, 0.3) is 0 Å². The SMILES string of the molecule is CC(C(=O)N1CCC(OCCCN)CC1)N1CCN(c2ccc(F)cc2)CC1.Cl.Cl. The molecule has 2 saturated heterocycles. The van der Waals surface area contributed by atoms with Crippen LogP contribution in [-0.4, -0.2) is 80.3 Å². The number of nitrogens with two attached hydrogens (primary N) is 1. The first-order valence-corrected chi connectivity index (χ1v) is 10.4. The number of piperazine rings is 1. The molecule has 30 heavy (non-hydrogen) atoms. The van der Waals surface area contributed by atoms with Crippen LogP contribution in [0.3, 0.4) is 0 Å². The summed E-state index contributed by atoms with van der Waals surface area (Å²) in [5, 5.41) is 0. The maximum absolute atomic E-state index is 13.1. The van der Waals surface area contributed by atoms with Crippen molar-refractivity contribution in [2.75, 3.05) is 57.3 Å². The molecule has 3 rings (SSSR count). The minimum atomic E-state index is -0.213. The van der Waals surface area contributed by atoms with Crippen LogP contribution in [0.2, 0.25) is 0 Å². The number of amides is 1. The zero-order valence-corrected chi connectivity index (χ0v) is 19.3. The highest BCUT2D eigenvalue weighted by atomic mass is 35.5. The molecule has 0 saturated carbocycles. The lowest BCUT2D eigenvalue weighted by molar-refractivity contribution is -0.139. The van der Waals surface area contributed by atoms with Crippen LogP contribution >= 0.6 is 24.8 Å². The van der Waals surface area contributed by atoms with Gasteiger partial charge >= 0.3 is 0 Å². The maximum atomic E-state index is 13.1. The summed E-state index contributed by atoms with van der Waals surface area (Å²) in [7, 11) is 0. The topological polar surface area (TPSA) is 62.0 Å². The quantitative estimate of drug-likeness (QED) is 0.628. The third kappa shape index (κ3) is 7.24. The molecule has 2 fully saturated rings. The van der Waals surface area contributed by atoms with E-state index in [2.05, 4.69) is 9.80 Å². The lowest BCUT2D eigenvalue weighted by Crippen LogP contribution is -2.55. The standard InChI is InChI=1S/C21H33FN4O2.2ClH/c1-17(21(27)26-10-7-20(8-11-26)28-16-2-9-23)24-12-14-25(15-13-24)19-5-3-18(22)4-6-19;;/h3-6,17,20H,2,7-16,23H2,1H3;2*1H. The summed E-state index contributed by atoms with van der Waals surface area (Å²) in [6.07, 6.45) is 2.95. The Bertz CT molecular complexity index is 622. The molecule has 0 aliphatic carbocycles. The molecular formula is C21H35Cl2FN4O2. The Morgan fingerprint density at radius 3 is 2.27 bits per heavy atom. The molecule has 2 N–H and O–H groups in total. The van der Waals surface area contributed by atoms with E-state index in [1.54, 1.807) is 0 Å². The lowest BCUT2D eigenvalue weighted by atomic mass is 10.1. The predicted molar refractivity (Wildman–Crippen MR) is 123 cm³/mol. The number of carbonyl (C=O) groups is 1. The van der Waals surface area contributed by atoms with Gasteiger partial charge < -0.3 is 20.3 Å². The van der Waals surface area contributed by atoms with Gasteiger partial charge in [-0.1, -0.05) is 0 Å². The van der Waals surface area contributed by atoms with Crippen molar-refractivity contribution in [2.45, 2.75) is 38.3 Å². The fourth-order valence-corrected chi connectivity index (χ4v) is 4.02. The highest BCUT2D eigenvalue weighted by Gasteiger charge is 2.31. The summed E-state index contributed by atoms with van der Waals surface area (Å²) in [6, 6.07) is 6.53. The lowest BCUT2D eigenvalue weighted by Gasteiger charge is -2.41. The van der Waals surface area contributed by atoms with E-state index in [4.69, 9.17) is 10.5 Å². The molecule has 1 amide bonds. The molecule has 9 heteroatoms. The number of ether oxygens (including phenoxy) is 1. The fraction of sp³-hybridized carbons (Fsp3) is 0.667. The number of hydrogen-bond donors (Lipinski definition) is 1. The Hall–Kier alpha value is -1.12. The summed E-state index contributed by atoms with van der Waals surface area (Å²) in [5.74, 6) is 0.00537. The number of nitrogens with zero attached hydrogens (tertiary/aromatic N) is 3. The van der Waals surface area contributed by atoms with Crippen LogP contribution in [0.4, 0.5) is 10.1 Å². The van der Waals surface area contributed by atoms with Crippen molar-refractivity contribution in [3.8, 4) is 0 Å². The van der Waals surface area contributed by atoms with Gasteiger partial charge in [-0.05, 0) is 57.0 Å². The third-order valence-electron chi connectivity index (χ3n) is 5.87. The first-order valence-electron chi connectivity index (χ1n) is 10.4. The summed E-state index contributed by atoms with van der Waals surface area (Å²) >= 11 is 0. The molecule has 2 aliphatic rings. The van der Waals surface area contributed by atoms with Crippen LogP contribution in [0.25, 0.3) is 0 Å². The van der Waals surface area contributed by atoms with E-state index in [1.165, 1.54) is 12.1 Å². The van der Waals surface area contributed by atoms with E-state index in [-0.39, 0.29) is 48.7 Å². The second kappa shape index (κ2) is 13.3. The highest BCUT2D eigenvalue weighted by molar-refractivity contribution is 5.85. The Labute approximate surface area is 191 Å². The molecule has 0 radical (unpaired) electrons. The van der Waals surface area contributed by atoms with Crippen LogP contribution in [-0.2, 0) is 9.53 Å². The van der Waals surface area contributed by atoms with E-state index < -0.39 is 0 Å². The van der Waals surface area contributed by atoms with E-state index in [1.807, 2.05) is 24.0 Å². The normalized spacial score (nSPS) is 19.0. The van der Waals surface area contributed by atoms with Gasteiger partial charge in [0.15, 0.2) is 0 Å². The Kier molecular flexibility index (Phi) is 12.0. The molecular weight excluding hydrogens is 430 g/mol. The number of anilines is 1. The third-order valence-corrected chi connectivity index (χ3v) is 5.87. The molecule has 0 bridgehead atoms. The number of halogens is 3. The molecule has 0 spiro atoms.